The van der Waals surface area contributed by atoms with Gasteiger partial charge in [0.05, 0.1) is 23.1 Å². The van der Waals surface area contributed by atoms with E-state index in [2.05, 4.69) is 4.72 Å². The Balaban J connectivity index is 2.00. The van der Waals surface area contributed by atoms with Gasteiger partial charge in [-0.2, -0.15) is 0 Å². The molecule has 1 aliphatic heterocycles. The minimum atomic E-state index is -3.91. The second-order valence-corrected chi connectivity index (χ2v) is 9.69. The lowest BCUT2D eigenvalue weighted by molar-refractivity contribution is -0.130. The summed E-state index contributed by atoms with van der Waals surface area (Å²) in [6.45, 7) is -0.458. The molecule has 1 N–H and O–H groups in total. The van der Waals surface area contributed by atoms with Crippen LogP contribution in [0.25, 0.3) is 0 Å². The van der Waals surface area contributed by atoms with Gasteiger partial charge in [0.15, 0.2) is 9.84 Å². The molecule has 1 atom stereocenters. The van der Waals surface area contributed by atoms with E-state index in [-0.39, 0.29) is 21.4 Å². The molecule has 10 heteroatoms. The summed E-state index contributed by atoms with van der Waals surface area (Å²) >= 11 is 5.84. The summed E-state index contributed by atoms with van der Waals surface area (Å²) in [7, 11) is -5.56. The molecule has 0 spiro atoms. The first-order valence-electron chi connectivity index (χ1n) is 6.83. The molecule has 1 amide bonds. The number of hydrogen-bond donors (Lipinski definition) is 1. The highest BCUT2D eigenvalue weighted by molar-refractivity contribution is 7.91. The molecule has 1 saturated heterocycles. The molecule has 23 heavy (non-hydrogen) atoms. The second kappa shape index (κ2) is 6.76. The topological polar surface area (TPSA) is 101 Å². The third-order valence-electron chi connectivity index (χ3n) is 3.69. The van der Waals surface area contributed by atoms with Gasteiger partial charge >= 0.3 is 0 Å². The molecule has 7 nitrogen and oxygen atoms in total. The number of hydrogen-bond acceptors (Lipinski definition) is 5. The number of carbonyl (C=O) groups excluding carboxylic acids is 1. The van der Waals surface area contributed by atoms with Gasteiger partial charge in [-0.05, 0) is 18.6 Å². The maximum absolute atomic E-state index is 12.1. The van der Waals surface area contributed by atoms with Gasteiger partial charge in [0.25, 0.3) is 0 Å². The summed E-state index contributed by atoms with van der Waals surface area (Å²) < 4.78 is 49.4. The van der Waals surface area contributed by atoms with Crippen LogP contribution in [-0.2, 0) is 24.7 Å². The molecule has 1 fully saturated rings. The highest BCUT2D eigenvalue weighted by Crippen LogP contribution is 2.20. The predicted octanol–water partition coefficient (Wildman–Crippen LogP) is 0.264. The van der Waals surface area contributed by atoms with Crippen molar-refractivity contribution in [3.8, 4) is 0 Å². The van der Waals surface area contributed by atoms with Gasteiger partial charge in [0.1, 0.15) is 4.90 Å². The maximum atomic E-state index is 12.1. The first-order chi connectivity index (χ1) is 10.6. The van der Waals surface area contributed by atoms with Crippen LogP contribution in [-0.4, -0.2) is 58.8 Å². The zero-order valence-electron chi connectivity index (χ0n) is 12.4. The van der Waals surface area contributed by atoms with E-state index >= 15 is 0 Å². The van der Waals surface area contributed by atoms with Crippen molar-refractivity contribution in [1.29, 1.82) is 0 Å². The van der Waals surface area contributed by atoms with E-state index < -0.39 is 38.4 Å². The standard InChI is InChI=1S/C13H17ClN2O5S2/c1-16(10-6-7-22(18,19)9-10)13(17)8-15-23(20,21)12-5-3-2-4-11(12)14/h2-5,10,15H,6-9H2,1H3. The fourth-order valence-corrected chi connectivity index (χ4v) is 5.57. The minimum Gasteiger partial charge on any atom is -0.341 e. The summed E-state index contributed by atoms with van der Waals surface area (Å²) in [6, 6.07) is 5.48. The summed E-state index contributed by atoms with van der Waals surface area (Å²) in [4.78, 5) is 13.2. The van der Waals surface area contributed by atoms with Gasteiger partial charge in [-0.15, -0.1) is 0 Å². The fourth-order valence-electron chi connectivity index (χ4n) is 2.31. The summed E-state index contributed by atoms with van der Waals surface area (Å²) in [5.41, 5.74) is 0. The molecule has 1 unspecified atom stereocenters. The van der Waals surface area contributed by atoms with Crippen molar-refractivity contribution in [1.82, 2.24) is 9.62 Å². The number of sulfone groups is 1. The number of likely N-dealkylation sites (N-methyl/N-ethyl adjacent to an activating group) is 1. The monoisotopic (exact) mass is 380 g/mol. The quantitative estimate of drug-likeness (QED) is 0.789. The first kappa shape index (κ1) is 18.2. The smallest absolute Gasteiger partial charge is 0.242 e. The fraction of sp³-hybridized carbons (Fsp3) is 0.462. The van der Waals surface area contributed by atoms with Crippen molar-refractivity contribution in [2.75, 3.05) is 25.1 Å². The first-order valence-corrected chi connectivity index (χ1v) is 10.5. The maximum Gasteiger partial charge on any atom is 0.242 e. The minimum absolute atomic E-state index is 0.0423. The summed E-state index contributed by atoms with van der Waals surface area (Å²) in [5.74, 6) is -0.546. The molecule has 0 aliphatic carbocycles. The van der Waals surface area contributed by atoms with Crippen molar-refractivity contribution in [2.45, 2.75) is 17.4 Å². The number of benzene rings is 1. The molecule has 0 radical (unpaired) electrons. The van der Waals surface area contributed by atoms with Gasteiger partial charge in [-0.25, -0.2) is 21.6 Å². The van der Waals surface area contributed by atoms with Crippen LogP contribution >= 0.6 is 11.6 Å². The van der Waals surface area contributed by atoms with E-state index in [0.29, 0.717) is 6.42 Å². The summed E-state index contributed by atoms with van der Waals surface area (Å²) in [5, 5.41) is 0.0580. The van der Waals surface area contributed by atoms with E-state index in [1.165, 1.54) is 30.1 Å². The molecule has 128 valence electrons. The van der Waals surface area contributed by atoms with E-state index in [1.54, 1.807) is 6.07 Å². The average Bonchev–Trinajstić information content (AvgIpc) is 2.84. The Labute approximate surface area is 140 Å². The van der Waals surface area contributed by atoms with Crippen molar-refractivity contribution >= 4 is 37.4 Å². The zero-order valence-corrected chi connectivity index (χ0v) is 14.8. The van der Waals surface area contributed by atoms with Gasteiger partial charge < -0.3 is 4.90 Å². The molecular formula is C13H17ClN2O5S2. The highest BCUT2D eigenvalue weighted by atomic mass is 35.5. The molecule has 0 saturated carbocycles. The van der Waals surface area contributed by atoms with Gasteiger partial charge in [-0.3, -0.25) is 4.79 Å². The largest absolute Gasteiger partial charge is 0.341 e. The van der Waals surface area contributed by atoms with Crippen LogP contribution < -0.4 is 4.72 Å². The van der Waals surface area contributed by atoms with Crippen LogP contribution in [0.2, 0.25) is 5.02 Å². The third-order valence-corrected chi connectivity index (χ3v) is 7.34. The SMILES string of the molecule is CN(C(=O)CNS(=O)(=O)c1ccccc1Cl)C1CCS(=O)(=O)C1. The average molecular weight is 381 g/mol. The third kappa shape index (κ3) is 4.43. The lowest BCUT2D eigenvalue weighted by atomic mass is 10.2. The lowest BCUT2D eigenvalue weighted by Crippen LogP contribution is -2.43. The van der Waals surface area contributed by atoms with Crippen LogP contribution in [0.5, 0.6) is 0 Å². The Bertz CT molecular complexity index is 807. The van der Waals surface area contributed by atoms with Crippen molar-refractivity contribution in [2.24, 2.45) is 0 Å². The Kier molecular flexibility index (Phi) is 5.34. The number of nitrogens with one attached hydrogen (secondary N) is 1. The second-order valence-electron chi connectivity index (χ2n) is 5.32. The normalized spacial score (nSPS) is 20.3. The number of carbonyl (C=O) groups is 1. The molecule has 1 aromatic carbocycles. The van der Waals surface area contributed by atoms with Crippen molar-refractivity contribution in [3.63, 3.8) is 0 Å². The van der Waals surface area contributed by atoms with Gasteiger partial charge in [0, 0.05) is 13.1 Å². The van der Waals surface area contributed by atoms with Crippen LogP contribution in [0.15, 0.2) is 29.2 Å². The predicted molar refractivity (Wildman–Crippen MR) is 86.5 cm³/mol. The van der Waals surface area contributed by atoms with Gasteiger partial charge in [-0.1, -0.05) is 23.7 Å². The van der Waals surface area contributed by atoms with E-state index in [4.69, 9.17) is 11.6 Å². The Morgan fingerprint density at radius 1 is 1.39 bits per heavy atom. The molecule has 0 aromatic heterocycles. The van der Waals surface area contributed by atoms with Crippen molar-refractivity contribution < 1.29 is 21.6 Å². The Morgan fingerprint density at radius 3 is 2.61 bits per heavy atom. The number of rotatable bonds is 5. The van der Waals surface area contributed by atoms with Crippen LogP contribution in [0.4, 0.5) is 0 Å². The Morgan fingerprint density at radius 2 is 2.04 bits per heavy atom. The van der Waals surface area contributed by atoms with E-state index in [1.807, 2.05) is 0 Å². The lowest BCUT2D eigenvalue weighted by Gasteiger charge is -2.23. The highest BCUT2D eigenvalue weighted by Gasteiger charge is 2.33. The zero-order chi connectivity index (χ0) is 17.3. The van der Waals surface area contributed by atoms with Crippen LogP contribution in [0, 0.1) is 0 Å². The molecule has 1 aromatic rings. The molecular weight excluding hydrogens is 364 g/mol. The van der Waals surface area contributed by atoms with Crippen LogP contribution in [0.1, 0.15) is 6.42 Å². The number of amides is 1. The van der Waals surface area contributed by atoms with Gasteiger partial charge in [0.2, 0.25) is 15.9 Å². The molecule has 2 rings (SSSR count). The van der Waals surface area contributed by atoms with E-state index in [0.717, 1.165) is 0 Å². The number of halogens is 1. The molecule has 1 heterocycles. The van der Waals surface area contributed by atoms with E-state index in [9.17, 15) is 21.6 Å². The van der Waals surface area contributed by atoms with Crippen LogP contribution in [0.3, 0.4) is 0 Å². The number of sulfonamides is 1. The molecule has 1 aliphatic rings. The molecule has 0 bridgehead atoms. The number of nitrogens with zero attached hydrogens (tertiary/aromatic N) is 1. The summed E-state index contributed by atoms with van der Waals surface area (Å²) in [6.07, 6.45) is 0.363. The Hall–Kier alpha value is -1.16. The van der Waals surface area contributed by atoms with Crippen molar-refractivity contribution in [3.05, 3.63) is 29.3 Å².